The van der Waals surface area contributed by atoms with E-state index in [2.05, 4.69) is 28.1 Å². The zero-order valence-corrected chi connectivity index (χ0v) is 21.4. The molecular weight excluding hydrogens is 523 g/mol. The van der Waals surface area contributed by atoms with E-state index >= 15 is 0 Å². The summed E-state index contributed by atoms with van der Waals surface area (Å²) in [5.41, 5.74) is 0.930. The number of hydrogen-bond acceptors (Lipinski definition) is 4. The first kappa shape index (κ1) is 25.5. The lowest BCUT2D eigenvalue weighted by atomic mass is 10.3. The molecule has 1 aromatic heterocycles. The van der Waals surface area contributed by atoms with Crippen LogP contribution in [0.5, 0.6) is 5.75 Å². The molecule has 3 rings (SSSR count). The highest BCUT2D eigenvalue weighted by molar-refractivity contribution is 14.0. The normalized spacial score (nSPS) is 13.8. The lowest BCUT2D eigenvalue weighted by molar-refractivity contribution is -0.129. The maximum absolute atomic E-state index is 12.3. The predicted octanol–water partition coefficient (Wildman–Crippen LogP) is 4.77. The Morgan fingerprint density at radius 1 is 1.19 bits per heavy atom. The number of anilines is 1. The molecule has 0 atom stereocenters. The Balaban J connectivity index is 0.00000341. The van der Waals surface area contributed by atoms with E-state index < -0.39 is 0 Å². The Hall–Kier alpha value is -1.81. The van der Waals surface area contributed by atoms with Gasteiger partial charge in [-0.1, -0.05) is 6.07 Å². The number of halogens is 1. The van der Waals surface area contributed by atoms with E-state index in [1.165, 1.54) is 4.88 Å². The molecule has 2 N–H and O–H groups in total. The monoisotopic (exact) mass is 556 g/mol. The van der Waals surface area contributed by atoms with E-state index in [-0.39, 0.29) is 36.0 Å². The van der Waals surface area contributed by atoms with E-state index in [1.807, 2.05) is 43.0 Å². The Morgan fingerprint density at radius 3 is 2.58 bits per heavy atom. The molecule has 6 nitrogen and oxygen atoms in total. The molecule has 1 aliphatic heterocycles. The molecule has 0 bridgehead atoms. The summed E-state index contributed by atoms with van der Waals surface area (Å²) >= 11 is 1.75. The Kier molecular flexibility index (Phi) is 11.1. The summed E-state index contributed by atoms with van der Waals surface area (Å²) < 4.78 is 5.71. The molecule has 8 heteroatoms. The number of hydrogen-bond donors (Lipinski definition) is 2. The zero-order valence-electron chi connectivity index (χ0n) is 18.3. The Bertz CT molecular complexity index is 803. The number of carbonyl (C=O) groups excluding carboxylic acids is 1. The molecular formula is C23H33IN4O2S. The molecule has 0 aliphatic carbocycles. The highest BCUT2D eigenvalue weighted by Crippen LogP contribution is 2.17. The fourth-order valence-corrected chi connectivity index (χ4v) is 4.01. The van der Waals surface area contributed by atoms with Gasteiger partial charge >= 0.3 is 0 Å². The first-order chi connectivity index (χ1) is 14.6. The molecule has 1 amide bonds. The maximum Gasteiger partial charge on any atom is 0.224 e. The van der Waals surface area contributed by atoms with Crippen molar-refractivity contribution in [2.45, 2.75) is 45.6 Å². The van der Waals surface area contributed by atoms with Gasteiger partial charge in [0.15, 0.2) is 5.96 Å². The van der Waals surface area contributed by atoms with E-state index in [9.17, 15) is 4.79 Å². The fraction of sp³-hybridized carbons (Fsp3) is 0.478. The first-order valence-electron chi connectivity index (χ1n) is 10.7. The quantitative estimate of drug-likeness (QED) is 0.266. The second kappa shape index (κ2) is 13.6. The molecule has 0 unspecified atom stereocenters. The number of benzene rings is 1. The molecule has 0 saturated carbocycles. The zero-order chi connectivity index (χ0) is 21.2. The van der Waals surface area contributed by atoms with Crippen molar-refractivity contribution in [3.05, 3.63) is 46.7 Å². The van der Waals surface area contributed by atoms with Crippen molar-refractivity contribution < 1.29 is 9.53 Å². The van der Waals surface area contributed by atoms with Gasteiger partial charge in [-0.3, -0.25) is 9.79 Å². The number of ether oxygens (including phenoxy) is 1. The van der Waals surface area contributed by atoms with Gasteiger partial charge < -0.3 is 20.3 Å². The summed E-state index contributed by atoms with van der Waals surface area (Å²) in [6, 6.07) is 12.0. The molecule has 2 heterocycles. The summed E-state index contributed by atoms with van der Waals surface area (Å²) in [6.45, 7) is 7.06. The van der Waals surface area contributed by atoms with Crippen LogP contribution >= 0.6 is 35.3 Å². The molecule has 0 radical (unpaired) electrons. The smallest absolute Gasteiger partial charge is 0.224 e. The van der Waals surface area contributed by atoms with Crippen LogP contribution in [0.1, 0.15) is 38.0 Å². The average molecular weight is 557 g/mol. The summed E-state index contributed by atoms with van der Waals surface area (Å²) in [4.78, 5) is 20.3. The van der Waals surface area contributed by atoms with E-state index in [1.54, 1.807) is 11.3 Å². The summed E-state index contributed by atoms with van der Waals surface area (Å²) in [7, 11) is 0. The second-order valence-electron chi connectivity index (χ2n) is 7.64. The molecule has 1 fully saturated rings. The number of aliphatic imine (C=N–C) groups is 1. The number of guanidine groups is 1. The van der Waals surface area contributed by atoms with E-state index in [4.69, 9.17) is 9.73 Å². The van der Waals surface area contributed by atoms with Gasteiger partial charge in [-0.05, 0) is 62.4 Å². The third-order valence-corrected chi connectivity index (χ3v) is 5.72. The molecule has 0 spiro atoms. The number of thiophene rings is 1. The lowest BCUT2D eigenvalue weighted by Crippen LogP contribution is -2.35. The SMILES string of the molecule is CC(C)Oc1ccc(NC(=NCCc2cccs2)NCCC(=O)N2CCCC2)cc1.I. The van der Waals surface area contributed by atoms with Crippen molar-refractivity contribution in [2.24, 2.45) is 4.99 Å². The van der Waals surface area contributed by atoms with Gasteiger partial charge in [-0.15, -0.1) is 35.3 Å². The van der Waals surface area contributed by atoms with Crippen LogP contribution in [0, 0.1) is 0 Å². The summed E-state index contributed by atoms with van der Waals surface area (Å²) in [5.74, 6) is 1.75. The number of amides is 1. The molecule has 1 aliphatic rings. The highest BCUT2D eigenvalue weighted by Gasteiger charge is 2.17. The number of nitrogens with one attached hydrogen (secondary N) is 2. The van der Waals surface area contributed by atoms with Crippen LogP contribution in [0.2, 0.25) is 0 Å². The van der Waals surface area contributed by atoms with Gasteiger partial charge in [0.1, 0.15) is 5.75 Å². The van der Waals surface area contributed by atoms with Crippen LogP contribution in [-0.2, 0) is 11.2 Å². The van der Waals surface area contributed by atoms with Crippen LogP contribution in [0.3, 0.4) is 0 Å². The molecule has 31 heavy (non-hydrogen) atoms. The van der Waals surface area contributed by atoms with Gasteiger partial charge in [0.25, 0.3) is 0 Å². The minimum absolute atomic E-state index is 0. The second-order valence-corrected chi connectivity index (χ2v) is 8.67. The van der Waals surface area contributed by atoms with Gasteiger partial charge in [0.2, 0.25) is 5.91 Å². The lowest BCUT2D eigenvalue weighted by Gasteiger charge is -2.17. The van der Waals surface area contributed by atoms with Crippen LogP contribution < -0.4 is 15.4 Å². The van der Waals surface area contributed by atoms with E-state index in [0.717, 1.165) is 43.8 Å². The first-order valence-corrected chi connectivity index (χ1v) is 11.6. The van der Waals surface area contributed by atoms with Crippen molar-refractivity contribution in [1.82, 2.24) is 10.2 Å². The topological polar surface area (TPSA) is 66.0 Å². The van der Waals surface area contributed by atoms with E-state index in [0.29, 0.717) is 25.5 Å². The third-order valence-electron chi connectivity index (χ3n) is 4.79. The highest BCUT2D eigenvalue weighted by atomic mass is 127. The molecule has 2 aromatic rings. The summed E-state index contributed by atoms with van der Waals surface area (Å²) in [6.07, 6.45) is 3.76. The van der Waals surface area contributed by atoms with Crippen LogP contribution in [0.15, 0.2) is 46.8 Å². The fourth-order valence-electron chi connectivity index (χ4n) is 3.31. The standard InChI is InChI=1S/C23H32N4O2S.HI/c1-18(2)29-20-9-7-19(8-10-20)26-23(24-13-11-21-6-5-17-30-21)25-14-12-22(28)27-15-3-4-16-27;/h5-10,17-18H,3-4,11-16H2,1-2H3,(H2,24,25,26);1H. The van der Waals surface area contributed by atoms with Gasteiger partial charge in [0, 0.05) is 49.6 Å². The Morgan fingerprint density at radius 2 is 1.94 bits per heavy atom. The third kappa shape index (κ3) is 9.06. The van der Waals surface area contributed by atoms with Gasteiger partial charge in [-0.25, -0.2) is 0 Å². The Labute approximate surface area is 206 Å². The average Bonchev–Trinajstić information content (AvgIpc) is 3.43. The number of likely N-dealkylation sites (tertiary alicyclic amines) is 1. The van der Waals surface area contributed by atoms with Crippen molar-refractivity contribution in [3.63, 3.8) is 0 Å². The number of nitrogens with zero attached hydrogens (tertiary/aromatic N) is 2. The molecule has 1 saturated heterocycles. The minimum atomic E-state index is 0. The molecule has 1 aromatic carbocycles. The van der Waals surface area contributed by atoms with Crippen molar-refractivity contribution in [1.29, 1.82) is 0 Å². The number of rotatable bonds is 9. The maximum atomic E-state index is 12.3. The number of carbonyl (C=O) groups is 1. The molecule has 170 valence electrons. The summed E-state index contributed by atoms with van der Waals surface area (Å²) in [5, 5.41) is 8.74. The predicted molar refractivity (Wildman–Crippen MR) is 140 cm³/mol. The van der Waals surface area contributed by atoms with Crippen molar-refractivity contribution in [2.75, 3.05) is 31.5 Å². The van der Waals surface area contributed by atoms with Crippen molar-refractivity contribution >= 4 is 52.9 Å². The van der Waals surface area contributed by atoms with Crippen LogP contribution in [0.4, 0.5) is 5.69 Å². The van der Waals surface area contributed by atoms with Gasteiger partial charge in [0.05, 0.1) is 6.10 Å². The van der Waals surface area contributed by atoms with Crippen molar-refractivity contribution in [3.8, 4) is 5.75 Å². The van der Waals surface area contributed by atoms with Gasteiger partial charge in [-0.2, -0.15) is 0 Å². The van der Waals surface area contributed by atoms with Crippen LogP contribution in [0.25, 0.3) is 0 Å². The minimum Gasteiger partial charge on any atom is -0.491 e. The largest absolute Gasteiger partial charge is 0.491 e. The van der Waals surface area contributed by atoms with Crippen LogP contribution in [-0.4, -0.2) is 49.0 Å².